The van der Waals surface area contributed by atoms with Crippen molar-refractivity contribution in [3.05, 3.63) is 65.5 Å². The number of thioether (sulfide) groups is 1. The quantitative estimate of drug-likeness (QED) is 0.453. The molecule has 0 saturated carbocycles. The summed E-state index contributed by atoms with van der Waals surface area (Å²) in [5.41, 5.74) is 7.94. The topological polar surface area (TPSA) is 105 Å². The second-order valence-corrected chi connectivity index (χ2v) is 8.40. The van der Waals surface area contributed by atoms with Gasteiger partial charge in [-0.1, -0.05) is 30.3 Å². The maximum absolute atomic E-state index is 12.7. The van der Waals surface area contributed by atoms with Gasteiger partial charge >= 0.3 is 0 Å². The summed E-state index contributed by atoms with van der Waals surface area (Å²) in [6.45, 7) is 1.84. The van der Waals surface area contributed by atoms with Gasteiger partial charge in [-0.2, -0.15) is 11.8 Å². The molecule has 1 atom stereocenters. The van der Waals surface area contributed by atoms with Crippen molar-refractivity contribution in [3.8, 4) is 0 Å². The number of para-hydroxylation sites is 2. The van der Waals surface area contributed by atoms with Crippen molar-refractivity contribution < 1.29 is 14.4 Å². The molecule has 0 spiro atoms. The Balaban J connectivity index is 1.60. The molecule has 0 aliphatic heterocycles. The number of carbonyl (C=O) groups excluding carboxylic acids is 3. The number of imidazole rings is 1. The number of aromatic nitrogens is 2. The third-order valence-corrected chi connectivity index (χ3v) is 5.79. The van der Waals surface area contributed by atoms with Crippen LogP contribution in [0.2, 0.25) is 0 Å². The summed E-state index contributed by atoms with van der Waals surface area (Å²) in [6.07, 6.45) is 2.37. The van der Waals surface area contributed by atoms with Gasteiger partial charge in [0, 0.05) is 12.6 Å². The minimum Gasteiger partial charge on any atom is -0.340 e. The van der Waals surface area contributed by atoms with Crippen LogP contribution in [0.5, 0.6) is 0 Å². The van der Waals surface area contributed by atoms with Gasteiger partial charge in [0.05, 0.1) is 17.5 Å². The Morgan fingerprint density at radius 1 is 1.06 bits per heavy atom. The lowest BCUT2D eigenvalue weighted by Crippen LogP contribution is -2.52. The van der Waals surface area contributed by atoms with E-state index >= 15 is 0 Å². The number of nitrogens with zero attached hydrogens (tertiary/aromatic N) is 2. The smallest absolute Gasteiger partial charge is 0.260 e. The zero-order valence-corrected chi connectivity index (χ0v) is 19.2. The molecule has 3 amide bonds. The zero-order valence-electron chi connectivity index (χ0n) is 18.3. The molecule has 1 aromatic heterocycles. The van der Waals surface area contributed by atoms with Gasteiger partial charge in [0.15, 0.2) is 0 Å². The number of hydrazine groups is 1. The van der Waals surface area contributed by atoms with Gasteiger partial charge < -0.3 is 9.88 Å². The van der Waals surface area contributed by atoms with Crippen LogP contribution in [0.4, 0.5) is 0 Å². The van der Waals surface area contributed by atoms with Gasteiger partial charge in [-0.05, 0) is 49.1 Å². The second-order valence-electron chi connectivity index (χ2n) is 7.41. The first-order valence-electron chi connectivity index (χ1n) is 10.2. The highest BCUT2D eigenvalue weighted by Crippen LogP contribution is 2.14. The van der Waals surface area contributed by atoms with Crippen molar-refractivity contribution in [3.63, 3.8) is 0 Å². The molecule has 0 saturated heterocycles. The Hall–Kier alpha value is -3.33. The largest absolute Gasteiger partial charge is 0.340 e. The number of carbonyl (C=O) groups is 3. The molecule has 9 heteroatoms. The molecule has 1 heterocycles. The summed E-state index contributed by atoms with van der Waals surface area (Å²) in [6, 6.07) is 14.0. The minimum absolute atomic E-state index is 0.0104. The highest BCUT2D eigenvalue weighted by atomic mass is 32.2. The fraction of sp³-hybridized carbons (Fsp3) is 0.304. The average molecular weight is 454 g/mol. The van der Waals surface area contributed by atoms with E-state index in [1.807, 2.05) is 61.2 Å². The number of fused-ring (bicyclic) bond motifs is 1. The van der Waals surface area contributed by atoms with Crippen LogP contribution in [0.15, 0.2) is 48.5 Å². The van der Waals surface area contributed by atoms with Crippen LogP contribution < -0.4 is 16.2 Å². The van der Waals surface area contributed by atoms with Gasteiger partial charge in [0.2, 0.25) is 5.91 Å². The lowest BCUT2D eigenvalue weighted by Gasteiger charge is -2.19. The van der Waals surface area contributed by atoms with Gasteiger partial charge in [-0.15, -0.1) is 0 Å². The van der Waals surface area contributed by atoms with Crippen molar-refractivity contribution in [1.29, 1.82) is 0 Å². The zero-order chi connectivity index (χ0) is 23.1. The van der Waals surface area contributed by atoms with Crippen molar-refractivity contribution in [2.75, 3.05) is 12.0 Å². The Labute approximate surface area is 191 Å². The van der Waals surface area contributed by atoms with Crippen LogP contribution in [0.1, 0.15) is 28.2 Å². The molecule has 3 N–H and O–H groups in total. The molecule has 0 fully saturated rings. The summed E-state index contributed by atoms with van der Waals surface area (Å²) in [5.74, 6) is 0.0741. The average Bonchev–Trinajstić information content (AvgIpc) is 3.10. The Bertz CT molecular complexity index is 1130. The van der Waals surface area contributed by atoms with E-state index in [0.29, 0.717) is 23.6 Å². The number of benzene rings is 2. The first kappa shape index (κ1) is 23.3. The van der Waals surface area contributed by atoms with E-state index in [1.54, 1.807) is 23.9 Å². The standard InChI is InChI=1S/C23H27N5O3S/c1-15-8-4-5-9-16(15)22(30)25-18(12-13-32-3)23(31)27-26-21(29)14-20-24-17-10-6-7-11-19(17)28(20)2/h4-11,18H,12-14H2,1-3H3,(H,25,30)(H,26,29)(H,27,31)/t18-/m1/s1. The van der Waals surface area contributed by atoms with E-state index in [0.717, 1.165) is 16.6 Å². The summed E-state index contributed by atoms with van der Waals surface area (Å²) in [5, 5.41) is 2.78. The number of nitrogens with one attached hydrogen (secondary N) is 3. The van der Waals surface area contributed by atoms with E-state index in [-0.39, 0.29) is 12.3 Å². The van der Waals surface area contributed by atoms with E-state index in [9.17, 15) is 14.4 Å². The monoisotopic (exact) mass is 453 g/mol. The summed E-state index contributed by atoms with van der Waals surface area (Å²) < 4.78 is 1.85. The molecule has 168 valence electrons. The first-order valence-corrected chi connectivity index (χ1v) is 11.6. The van der Waals surface area contributed by atoms with E-state index in [2.05, 4.69) is 21.2 Å². The van der Waals surface area contributed by atoms with Crippen molar-refractivity contribution >= 4 is 40.5 Å². The maximum atomic E-state index is 12.7. The fourth-order valence-electron chi connectivity index (χ4n) is 3.33. The number of rotatable bonds is 8. The molecular formula is C23H27N5O3S. The molecule has 0 radical (unpaired) electrons. The summed E-state index contributed by atoms with van der Waals surface area (Å²) in [7, 11) is 1.84. The summed E-state index contributed by atoms with van der Waals surface area (Å²) in [4.78, 5) is 42.2. The van der Waals surface area contributed by atoms with Crippen molar-refractivity contribution in [1.82, 2.24) is 25.7 Å². The third kappa shape index (κ3) is 5.67. The molecule has 0 unspecified atom stereocenters. The van der Waals surface area contributed by atoms with Crippen LogP contribution in [0.25, 0.3) is 11.0 Å². The fourth-order valence-corrected chi connectivity index (χ4v) is 3.80. The van der Waals surface area contributed by atoms with Crippen molar-refractivity contribution in [2.45, 2.75) is 25.8 Å². The maximum Gasteiger partial charge on any atom is 0.260 e. The van der Waals surface area contributed by atoms with Gasteiger partial charge in [-0.25, -0.2) is 4.98 Å². The number of hydrogen-bond donors (Lipinski definition) is 3. The minimum atomic E-state index is -0.773. The molecule has 3 aromatic rings. The third-order valence-electron chi connectivity index (χ3n) is 5.15. The summed E-state index contributed by atoms with van der Waals surface area (Å²) >= 11 is 1.57. The van der Waals surface area contributed by atoms with E-state index in [1.165, 1.54) is 0 Å². The molecule has 0 bridgehead atoms. The molecule has 8 nitrogen and oxygen atoms in total. The predicted octanol–water partition coefficient (Wildman–Crippen LogP) is 2.12. The van der Waals surface area contributed by atoms with Crippen molar-refractivity contribution in [2.24, 2.45) is 7.05 Å². The van der Waals surface area contributed by atoms with Crippen LogP contribution >= 0.6 is 11.8 Å². The van der Waals surface area contributed by atoms with Gasteiger partial charge in [0.1, 0.15) is 11.9 Å². The van der Waals surface area contributed by atoms with Gasteiger partial charge in [-0.3, -0.25) is 25.2 Å². The van der Waals surface area contributed by atoms with E-state index < -0.39 is 17.9 Å². The number of hydrogen-bond acceptors (Lipinski definition) is 5. The van der Waals surface area contributed by atoms with Crippen LogP contribution in [-0.4, -0.2) is 45.3 Å². The Morgan fingerprint density at radius 3 is 2.50 bits per heavy atom. The number of amides is 3. The van der Waals surface area contributed by atoms with Crippen LogP contribution in [-0.2, 0) is 23.1 Å². The number of aryl methyl sites for hydroxylation is 2. The van der Waals surface area contributed by atoms with Crippen LogP contribution in [0, 0.1) is 6.92 Å². The first-order chi connectivity index (χ1) is 15.4. The molecule has 0 aliphatic carbocycles. The van der Waals surface area contributed by atoms with E-state index in [4.69, 9.17) is 0 Å². The second kappa shape index (κ2) is 10.8. The molecule has 32 heavy (non-hydrogen) atoms. The van der Waals surface area contributed by atoms with Gasteiger partial charge in [0.25, 0.3) is 11.8 Å². The molecular weight excluding hydrogens is 426 g/mol. The van der Waals surface area contributed by atoms with Crippen LogP contribution in [0.3, 0.4) is 0 Å². The molecule has 2 aromatic carbocycles. The predicted molar refractivity (Wildman–Crippen MR) is 126 cm³/mol. The lowest BCUT2D eigenvalue weighted by molar-refractivity contribution is -0.129. The Morgan fingerprint density at radius 2 is 1.78 bits per heavy atom. The normalized spacial score (nSPS) is 11.7. The highest BCUT2D eigenvalue weighted by Gasteiger charge is 2.22. The SMILES string of the molecule is CSCC[C@@H](NC(=O)c1ccccc1C)C(=O)NNC(=O)Cc1nc2ccccc2n1C. The molecule has 3 rings (SSSR count). The lowest BCUT2D eigenvalue weighted by atomic mass is 10.1. The highest BCUT2D eigenvalue weighted by molar-refractivity contribution is 7.98. The molecule has 0 aliphatic rings. The Kier molecular flexibility index (Phi) is 7.88.